The van der Waals surface area contributed by atoms with Crippen LogP contribution in [0.1, 0.15) is 38.5 Å². The van der Waals surface area contributed by atoms with Crippen molar-refractivity contribution in [3.63, 3.8) is 0 Å². The summed E-state index contributed by atoms with van der Waals surface area (Å²) in [7, 11) is 0. The Hall–Kier alpha value is -1.39. The first-order valence-electron chi connectivity index (χ1n) is 7.19. The van der Waals surface area contributed by atoms with E-state index in [0.717, 1.165) is 18.5 Å². The van der Waals surface area contributed by atoms with Crippen molar-refractivity contribution in [2.24, 2.45) is 5.73 Å². The van der Waals surface area contributed by atoms with Gasteiger partial charge in [0.05, 0.1) is 6.04 Å². The van der Waals surface area contributed by atoms with E-state index in [1.165, 1.54) is 18.9 Å². The first-order chi connectivity index (χ1) is 9.50. The van der Waals surface area contributed by atoms with Crippen molar-refractivity contribution < 1.29 is 8.81 Å². The van der Waals surface area contributed by atoms with Crippen molar-refractivity contribution in [1.82, 2.24) is 4.90 Å². The van der Waals surface area contributed by atoms with Crippen LogP contribution < -0.4 is 5.73 Å². The number of halogens is 1. The number of furan rings is 1. The molecule has 0 amide bonds. The summed E-state index contributed by atoms with van der Waals surface area (Å²) in [6.45, 7) is 6.39. The summed E-state index contributed by atoms with van der Waals surface area (Å²) >= 11 is 0. The summed E-state index contributed by atoms with van der Waals surface area (Å²) in [6.07, 6.45) is 2.43. The maximum absolute atomic E-state index is 13.7. The molecule has 1 aromatic heterocycles. The molecule has 1 aliphatic rings. The molecule has 4 heteroatoms. The first-order valence-corrected chi connectivity index (χ1v) is 7.19. The van der Waals surface area contributed by atoms with Gasteiger partial charge in [0, 0.05) is 10.9 Å². The molecule has 108 valence electrons. The Morgan fingerprint density at radius 1 is 1.30 bits per heavy atom. The third-order valence-corrected chi connectivity index (χ3v) is 4.50. The lowest BCUT2D eigenvalue weighted by atomic mass is 9.91. The molecule has 1 atom stereocenters. The van der Waals surface area contributed by atoms with Crippen molar-refractivity contribution in [1.29, 1.82) is 0 Å². The molecule has 20 heavy (non-hydrogen) atoms. The van der Waals surface area contributed by atoms with Crippen LogP contribution >= 0.6 is 0 Å². The molecule has 0 aliphatic carbocycles. The van der Waals surface area contributed by atoms with Gasteiger partial charge in [-0.25, -0.2) is 4.39 Å². The van der Waals surface area contributed by atoms with E-state index < -0.39 is 0 Å². The molecule has 0 bridgehead atoms. The molecule has 0 radical (unpaired) electrons. The summed E-state index contributed by atoms with van der Waals surface area (Å²) in [4.78, 5) is 2.39. The van der Waals surface area contributed by atoms with Gasteiger partial charge in [0.15, 0.2) is 11.4 Å². The highest BCUT2D eigenvalue weighted by atomic mass is 19.1. The molecule has 3 rings (SSSR count). The molecular formula is C16H21FN2O. The fourth-order valence-corrected chi connectivity index (χ4v) is 3.04. The minimum atomic E-state index is -0.333. The smallest absolute Gasteiger partial charge is 0.169 e. The molecule has 0 spiro atoms. The zero-order valence-corrected chi connectivity index (χ0v) is 12.0. The molecule has 2 heterocycles. The molecule has 1 saturated heterocycles. The average Bonchev–Trinajstić information content (AvgIpc) is 3.07. The highest BCUT2D eigenvalue weighted by Crippen LogP contribution is 2.34. The van der Waals surface area contributed by atoms with E-state index in [-0.39, 0.29) is 17.4 Å². The number of para-hydroxylation sites is 1. The molecule has 2 aromatic rings. The van der Waals surface area contributed by atoms with Gasteiger partial charge >= 0.3 is 0 Å². The van der Waals surface area contributed by atoms with Crippen molar-refractivity contribution in [3.8, 4) is 0 Å². The molecule has 2 N–H and O–H groups in total. The Balaban J connectivity index is 1.95. The average molecular weight is 276 g/mol. The lowest BCUT2D eigenvalue weighted by Gasteiger charge is -2.39. The highest BCUT2D eigenvalue weighted by Gasteiger charge is 2.37. The summed E-state index contributed by atoms with van der Waals surface area (Å²) in [6, 6.07) is 6.54. The fraction of sp³-hybridized carbons (Fsp3) is 0.500. The standard InChI is InChI=1S/C16H21FN2O/c1-16(2,19-8-3-4-9-19)15(18)13-10-11-6-5-7-12(17)14(11)20-13/h5-7,10,15H,3-4,8-9,18H2,1-2H3. The number of hydrogen-bond donors (Lipinski definition) is 1. The van der Waals surface area contributed by atoms with E-state index in [1.807, 2.05) is 12.1 Å². The van der Waals surface area contributed by atoms with Gasteiger partial charge in [0.1, 0.15) is 5.76 Å². The second-order valence-electron chi connectivity index (χ2n) is 6.13. The predicted octanol–water partition coefficient (Wildman–Crippen LogP) is 3.45. The largest absolute Gasteiger partial charge is 0.456 e. The minimum Gasteiger partial charge on any atom is -0.456 e. The lowest BCUT2D eigenvalue weighted by molar-refractivity contribution is 0.115. The number of likely N-dealkylation sites (tertiary alicyclic amines) is 1. The third kappa shape index (κ3) is 2.13. The quantitative estimate of drug-likeness (QED) is 0.933. The minimum absolute atomic E-state index is 0.194. The van der Waals surface area contributed by atoms with Crippen LogP contribution in [0.2, 0.25) is 0 Å². The van der Waals surface area contributed by atoms with Crippen LogP contribution in [0.5, 0.6) is 0 Å². The van der Waals surface area contributed by atoms with Crippen molar-refractivity contribution >= 4 is 11.0 Å². The maximum atomic E-state index is 13.7. The Morgan fingerprint density at radius 2 is 2.00 bits per heavy atom. The normalized spacial score (nSPS) is 18.8. The van der Waals surface area contributed by atoms with E-state index in [1.54, 1.807) is 6.07 Å². The summed E-state index contributed by atoms with van der Waals surface area (Å²) < 4.78 is 19.4. The summed E-state index contributed by atoms with van der Waals surface area (Å²) in [5, 5.41) is 0.771. The molecule has 1 aliphatic heterocycles. The maximum Gasteiger partial charge on any atom is 0.169 e. The van der Waals surface area contributed by atoms with Crippen LogP contribution in [0.25, 0.3) is 11.0 Å². The molecule has 1 unspecified atom stereocenters. The van der Waals surface area contributed by atoms with Gasteiger partial charge < -0.3 is 10.2 Å². The van der Waals surface area contributed by atoms with Crippen molar-refractivity contribution in [3.05, 3.63) is 35.8 Å². The van der Waals surface area contributed by atoms with Gasteiger partial charge in [0.25, 0.3) is 0 Å². The van der Waals surface area contributed by atoms with Crippen LogP contribution in [0.15, 0.2) is 28.7 Å². The Morgan fingerprint density at radius 3 is 2.65 bits per heavy atom. The molecule has 0 saturated carbocycles. The van der Waals surface area contributed by atoms with Gasteiger partial charge in [-0.15, -0.1) is 0 Å². The molecule has 1 fully saturated rings. The SMILES string of the molecule is CC(C)(C(N)c1cc2cccc(F)c2o1)N1CCCC1. The number of fused-ring (bicyclic) bond motifs is 1. The van der Waals surface area contributed by atoms with Gasteiger partial charge in [-0.05, 0) is 51.9 Å². The second-order valence-corrected chi connectivity index (χ2v) is 6.13. The van der Waals surface area contributed by atoms with Gasteiger partial charge in [-0.3, -0.25) is 4.90 Å². The number of benzene rings is 1. The van der Waals surface area contributed by atoms with Gasteiger partial charge in [-0.2, -0.15) is 0 Å². The Bertz CT molecular complexity index is 614. The van der Waals surface area contributed by atoms with Crippen LogP contribution in [0.4, 0.5) is 4.39 Å². The molecule has 3 nitrogen and oxygen atoms in total. The van der Waals surface area contributed by atoms with Gasteiger partial charge in [0.2, 0.25) is 0 Å². The molecular weight excluding hydrogens is 255 g/mol. The number of hydrogen-bond acceptors (Lipinski definition) is 3. The van der Waals surface area contributed by atoms with E-state index in [2.05, 4.69) is 18.7 Å². The topological polar surface area (TPSA) is 42.4 Å². The predicted molar refractivity (Wildman–Crippen MR) is 78.0 cm³/mol. The molecule has 1 aromatic carbocycles. The van der Waals surface area contributed by atoms with E-state index in [9.17, 15) is 4.39 Å². The summed E-state index contributed by atoms with van der Waals surface area (Å²) in [5.74, 6) is 0.321. The second kappa shape index (κ2) is 4.86. The number of rotatable bonds is 3. The van der Waals surface area contributed by atoms with Crippen molar-refractivity contribution in [2.45, 2.75) is 38.3 Å². The van der Waals surface area contributed by atoms with E-state index in [0.29, 0.717) is 11.3 Å². The summed E-state index contributed by atoms with van der Waals surface area (Å²) in [5.41, 5.74) is 6.52. The lowest BCUT2D eigenvalue weighted by Crippen LogP contribution is -2.49. The monoisotopic (exact) mass is 276 g/mol. The fourth-order valence-electron chi connectivity index (χ4n) is 3.04. The van der Waals surface area contributed by atoms with E-state index >= 15 is 0 Å². The van der Waals surface area contributed by atoms with Crippen LogP contribution in [0, 0.1) is 5.82 Å². The van der Waals surface area contributed by atoms with Crippen molar-refractivity contribution in [2.75, 3.05) is 13.1 Å². The first kappa shape index (κ1) is 13.6. The van der Waals surface area contributed by atoms with Gasteiger partial charge in [-0.1, -0.05) is 12.1 Å². The zero-order valence-electron chi connectivity index (χ0n) is 12.0. The van der Waals surface area contributed by atoms with Crippen LogP contribution in [-0.2, 0) is 0 Å². The zero-order chi connectivity index (χ0) is 14.3. The third-order valence-electron chi connectivity index (χ3n) is 4.50. The number of nitrogens with two attached hydrogens (primary N) is 1. The van der Waals surface area contributed by atoms with Crippen LogP contribution in [-0.4, -0.2) is 23.5 Å². The highest BCUT2D eigenvalue weighted by molar-refractivity contribution is 5.78. The Kier molecular flexibility index (Phi) is 3.30. The van der Waals surface area contributed by atoms with E-state index in [4.69, 9.17) is 10.2 Å². The number of nitrogens with zero attached hydrogens (tertiary/aromatic N) is 1. The Labute approximate surface area is 118 Å². The van der Waals surface area contributed by atoms with Crippen LogP contribution in [0.3, 0.4) is 0 Å².